The van der Waals surface area contributed by atoms with Gasteiger partial charge in [-0.1, -0.05) is 41.6 Å². The number of rotatable bonds is 5. The third-order valence-corrected chi connectivity index (χ3v) is 5.64. The van der Waals surface area contributed by atoms with Crippen LogP contribution in [0.3, 0.4) is 0 Å². The van der Waals surface area contributed by atoms with E-state index in [0.29, 0.717) is 33.6 Å². The number of fused-ring (bicyclic) bond motifs is 1. The minimum atomic E-state index is -0.528. The van der Waals surface area contributed by atoms with Gasteiger partial charge in [0.15, 0.2) is 16.3 Å². The lowest BCUT2D eigenvalue weighted by atomic mass is 10.2. The molecule has 3 rings (SSSR count). The van der Waals surface area contributed by atoms with Gasteiger partial charge in [0.2, 0.25) is 0 Å². The predicted octanol–water partition coefficient (Wildman–Crippen LogP) is 1.61. The minimum Gasteiger partial charge on any atom is -0.393 e. The van der Waals surface area contributed by atoms with Gasteiger partial charge in [-0.2, -0.15) is 0 Å². The third kappa shape index (κ3) is 3.32. The van der Waals surface area contributed by atoms with E-state index in [1.54, 1.807) is 24.6 Å². The van der Waals surface area contributed by atoms with Crippen LogP contribution in [0.2, 0.25) is 5.02 Å². The van der Waals surface area contributed by atoms with Gasteiger partial charge in [0.25, 0.3) is 5.56 Å². The molecule has 1 N–H and O–H groups in total. The first-order chi connectivity index (χ1) is 12.3. The van der Waals surface area contributed by atoms with Gasteiger partial charge in [-0.25, -0.2) is 9.78 Å². The number of nitrogens with zero attached hydrogens (tertiary/aromatic N) is 4. The van der Waals surface area contributed by atoms with Crippen molar-refractivity contribution in [1.29, 1.82) is 0 Å². The van der Waals surface area contributed by atoms with Crippen molar-refractivity contribution < 1.29 is 5.11 Å². The van der Waals surface area contributed by atoms with Crippen LogP contribution >= 0.6 is 23.4 Å². The van der Waals surface area contributed by atoms with E-state index in [9.17, 15) is 14.7 Å². The summed E-state index contributed by atoms with van der Waals surface area (Å²) in [5, 5.41) is 10.8. The standard InChI is InChI=1S/C17H19ClN4O3S/c1-10(23)9-26-16-19-14-13(15(24)21(3)17(25)20(14)2)22(16)8-11-6-4-5-7-12(11)18/h4-7,10,23H,8-9H2,1-3H3/t10-/m1/s1. The minimum absolute atomic E-state index is 0.318. The number of imidazole rings is 1. The number of thioether (sulfide) groups is 1. The molecule has 0 aliphatic heterocycles. The number of aromatic nitrogens is 4. The first-order valence-electron chi connectivity index (χ1n) is 8.01. The van der Waals surface area contributed by atoms with E-state index in [1.807, 2.05) is 18.2 Å². The molecule has 0 bridgehead atoms. The molecule has 0 radical (unpaired) electrons. The van der Waals surface area contributed by atoms with Gasteiger partial charge >= 0.3 is 5.69 Å². The van der Waals surface area contributed by atoms with E-state index < -0.39 is 17.4 Å². The fraction of sp³-hybridized carbons (Fsp3) is 0.353. The third-order valence-electron chi connectivity index (χ3n) is 4.05. The number of aliphatic hydroxyl groups is 1. The Morgan fingerprint density at radius 3 is 2.58 bits per heavy atom. The Labute approximate surface area is 158 Å². The van der Waals surface area contributed by atoms with Crippen LogP contribution in [0.4, 0.5) is 0 Å². The molecule has 0 unspecified atom stereocenters. The molecule has 0 fully saturated rings. The van der Waals surface area contributed by atoms with Gasteiger partial charge in [0.05, 0.1) is 12.6 Å². The summed E-state index contributed by atoms with van der Waals surface area (Å²) in [6.45, 7) is 2.02. The maximum absolute atomic E-state index is 12.7. The number of benzene rings is 1. The highest BCUT2D eigenvalue weighted by atomic mass is 35.5. The zero-order chi connectivity index (χ0) is 19.0. The van der Waals surface area contributed by atoms with E-state index in [0.717, 1.165) is 10.1 Å². The van der Waals surface area contributed by atoms with Crippen LogP contribution < -0.4 is 11.2 Å². The van der Waals surface area contributed by atoms with Crippen LogP contribution in [0.5, 0.6) is 0 Å². The van der Waals surface area contributed by atoms with E-state index in [1.165, 1.54) is 23.4 Å². The number of hydrogen-bond acceptors (Lipinski definition) is 5. The van der Waals surface area contributed by atoms with Gasteiger partial charge < -0.3 is 9.67 Å². The molecule has 0 amide bonds. The van der Waals surface area contributed by atoms with Crippen molar-refractivity contribution in [2.75, 3.05) is 5.75 Å². The topological polar surface area (TPSA) is 82.1 Å². The van der Waals surface area contributed by atoms with Gasteiger partial charge in [-0.3, -0.25) is 13.9 Å². The highest BCUT2D eigenvalue weighted by Crippen LogP contribution is 2.25. The van der Waals surface area contributed by atoms with Crippen LogP contribution in [0.25, 0.3) is 11.2 Å². The Hall–Kier alpha value is -2.03. The second-order valence-electron chi connectivity index (χ2n) is 6.11. The molecule has 1 aromatic carbocycles. The molecule has 3 aromatic rings. The molecular formula is C17H19ClN4O3S. The highest BCUT2D eigenvalue weighted by Gasteiger charge is 2.20. The maximum Gasteiger partial charge on any atom is 0.332 e. The molecule has 138 valence electrons. The summed E-state index contributed by atoms with van der Waals surface area (Å²) in [4.78, 5) is 29.5. The van der Waals surface area contributed by atoms with Crippen molar-refractivity contribution in [3.63, 3.8) is 0 Å². The average molecular weight is 395 g/mol. The number of hydrogen-bond donors (Lipinski definition) is 1. The Balaban J connectivity index is 2.26. The molecule has 9 heteroatoms. The second-order valence-corrected chi connectivity index (χ2v) is 7.50. The molecule has 1 atom stereocenters. The second kappa shape index (κ2) is 7.30. The molecule has 26 heavy (non-hydrogen) atoms. The maximum atomic E-state index is 12.7. The molecular weight excluding hydrogens is 376 g/mol. The smallest absolute Gasteiger partial charge is 0.332 e. The normalized spacial score (nSPS) is 12.7. The molecule has 0 spiro atoms. The molecule has 7 nitrogen and oxygen atoms in total. The van der Waals surface area contributed by atoms with Crippen molar-refractivity contribution in [2.24, 2.45) is 14.1 Å². The van der Waals surface area contributed by atoms with Crippen molar-refractivity contribution in [3.8, 4) is 0 Å². The van der Waals surface area contributed by atoms with Gasteiger partial charge in [-0.05, 0) is 18.6 Å². The predicted molar refractivity (Wildman–Crippen MR) is 103 cm³/mol. The first kappa shape index (κ1) is 18.8. The summed E-state index contributed by atoms with van der Waals surface area (Å²) in [6, 6.07) is 7.37. The fourth-order valence-corrected chi connectivity index (χ4v) is 3.72. The largest absolute Gasteiger partial charge is 0.393 e. The Morgan fingerprint density at radius 1 is 1.23 bits per heavy atom. The van der Waals surface area contributed by atoms with E-state index in [2.05, 4.69) is 4.98 Å². The SMILES string of the molecule is C[C@@H](O)CSc1nc2c(c(=O)n(C)c(=O)n2C)n1Cc1ccccc1Cl. The summed E-state index contributed by atoms with van der Waals surface area (Å²) in [5.74, 6) is 0.417. The summed E-state index contributed by atoms with van der Waals surface area (Å²) in [6.07, 6.45) is -0.528. The van der Waals surface area contributed by atoms with Crippen molar-refractivity contribution in [1.82, 2.24) is 18.7 Å². The lowest BCUT2D eigenvalue weighted by molar-refractivity contribution is 0.220. The lowest BCUT2D eigenvalue weighted by Gasteiger charge is -2.11. The number of aliphatic hydroxyl groups excluding tert-OH is 1. The van der Waals surface area contributed by atoms with Crippen LogP contribution in [-0.2, 0) is 20.6 Å². The molecule has 0 saturated carbocycles. The van der Waals surface area contributed by atoms with Crippen LogP contribution in [0.1, 0.15) is 12.5 Å². The first-order valence-corrected chi connectivity index (χ1v) is 9.38. The van der Waals surface area contributed by atoms with E-state index in [-0.39, 0.29) is 0 Å². The average Bonchev–Trinajstić information content (AvgIpc) is 2.97. The monoisotopic (exact) mass is 394 g/mol. The molecule has 0 saturated heterocycles. The summed E-state index contributed by atoms with van der Waals surface area (Å²) < 4.78 is 4.17. The van der Waals surface area contributed by atoms with Gasteiger partial charge in [0.1, 0.15) is 0 Å². The Kier molecular flexibility index (Phi) is 5.27. The molecule has 2 aromatic heterocycles. The Bertz CT molecular complexity index is 1080. The molecule has 0 aliphatic rings. The summed E-state index contributed by atoms with van der Waals surface area (Å²) >= 11 is 7.61. The van der Waals surface area contributed by atoms with Gasteiger partial charge in [-0.15, -0.1) is 0 Å². The molecule has 2 heterocycles. The summed E-state index contributed by atoms with van der Waals surface area (Å²) in [5.41, 5.74) is 0.646. The van der Waals surface area contributed by atoms with Crippen molar-refractivity contribution >= 4 is 34.5 Å². The summed E-state index contributed by atoms with van der Waals surface area (Å²) in [7, 11) is 3.03. The lowest BCUT2D eigenvalue weighted by Crippen LogP contribution is -2.37. The number of halogens is 1. The van der Waals surface area contributed by atoms with Crippen molar-refractivity contribution in [3.05, 3.63) is 55.7 Å². The number of aryl methyl sites for hydroxylation is 1. The fourth-order valence-electron chi connectivity index (χ4n) is 2.68. The van der Waals surface area contributed by atoms with Crippen LogP contribution in [-0.4, -0.2) is 35.6 Å². The van der Waals surface area contributed by atoms with E-state index >= 15 is 0 Å². The highest BCUT2D eigenvalue weighted by molar-refractivity contribution is 7.99. The molecule has 0 aliphatic carbocycles. The van der Waals surface area contributed by atoms with Crippen LogP contribution in [0, 0.1) is 0 Å². The van der Waals surface area contributed by atoms with Gasteiger partial charge in [0, 0.05) is 24.9 Å². The van der Waals surface area contributed by atoms with E-state index in [4.69, 9.17) is 11.6 Å². The zero-order valence-electron chi connectivity index (χ0n) is 14.6. The van der Waals surface area contributed by atoms with Crippen LogP contribution in [0.15, 0.2) is 39.0 Å². The quantitative estimate of drug-likeness (QED) is 0.665. The zero-order valence-corrected chi connectivity index (χ0v) is 16.2. The van der Waals surface area contributed by atoms with Crippen molar-refractivity contribution in [2.45, 2.75) is 24.7 Å². The Morgan fingerprint density at radius 2 is 1.92 bits per heavy atom.